The minimum absolute atomic E-state index is 0.00667. The zero-order chi connectivity index (χ0) is 94.9. The van der Waals surface area contributed by atoms with Crippen LogP contribution in [0.1, 0.15) is 257 Å². The maximum atomic E-state index is 7.02. The highest BCUT2D eigenvalue weighted by molar-refractivity contribution is 7.01. The van der Waals surface area contributed by atoms with Crippen LogP contribution >= 0.6 is 0 Å². The molecule has 0 radical (unpaired) electrons. The minimum Gasteiger partial charge on any atom is -0.456 e. The molecule has 10 aliphatic rings. The Bertz CT molecular complexity index is 8490. The van der Waals surface area contributed by atoms with Crippen molar-refractivity contribution in [1.29, 1.82) is 0 Å². The van der Waals surface area contributed by atoms with Crippen LogP contribution in [0.15, 0.2) is 264 Å². The van der Waals surface area contributed by atoms with Crippen LogP contribution in [0.4, 0.5) is 56.9 Å². The molecule has 10 heterocycles. The number of aryl methyl sites for hydroxylation is 2. The lowest BCUT2D eigenvalue weighted by Gasteiger charge is -2.50. The molecule has 10 heteroatoms. The van der Waals surface area contributed by atoms with Gasteiger partial charge in [-0.2, -0.15) is 0 Å². The third-order valence-corrected chi connectivity index (χ3v) is 36.4. The predicted octanol–water partition coefficient (Wildman–Crippen LogP) is 30.2. The number of rotatable bonds is 4. The van der Waals surface area contributed by atoms with E-state index in [0.29, 0.717) is 0 Å². The Kier molecular flexibility index (Phi) is 16.9. The quantitative estimate of drug-likeness (QED) is 0.164. The van der Waals surface area contributed by atoms with Crippen LogP contribution in [0.5, 0.6) is 0 Å². The van der Waals surface area contributed by atoms with Gasteiger partial charge in [0, 0.05) is 128 Å². The zero-order valence-corrected chi connectivity index (χ0v) is 84.6. The first-order chi connectivity index (χ1) is 65.8. The maximum Gasteiger partial charge on any atom is 0.252 e. The summed E-state index contributed by atoms with van der Waals surface area (Å²) in [4.78, 5) is 10.8. The van der Waals surface area contributed by atoms with Gasteiger partial charge in [0.25, 0.3) is 13.4 Å². The Morgan fingerprint density at radius 2 is 0.703 bits per heavy atom. The second kappa shape index (κ2) is 27.6. The smallest absolute Gasteiger partial charge is 0.252 e. The lowest BCUT2D eigenvalue weighted by molar-refractivity contribution is 0.195. The lowest BCUT2D eigenvalue weighted by Crippen LogP contribution is -2.61. The Labute approximate surface area is 814 Å². The van der Waals surface area contributed by atoms with Crippen molar-refractivity contribution in [1.82, 2.24) is 9.13 Å². The number of hydrogen-bond acceptors (Lipinski definition) is 6. The topological polar surface area (TPSA) is 49.1 Å². The van der Waals surface area contributed by atoms with E-state index in [-0.39, 0.29) is 67.8 Å². The summed E-state index contributed by atoms with van der Waals surface area (Å²) in [5, 5.41) is 7.36. The third-order valence-electron chi connectivity index (χ3n) is 36.4. The second-order valence-corrected chi connectivity index (χ2v) is 49.1. The number of fused-ring (bicyclic) bond motifs is 30. The molecule has 4 unspecified atom stereocenters. The van der Waals surface area contributed by atoms with Crippen molar-refractivity contribution in [2.24, 2.45) is 0 Å². The molecule has 6 aliphatic heterocycles. The van der Waals surface area contributed by atoms with Crippen LogP contribution in [0.25, 0.3) is 99.6 Å². The Hall–Kier alpha value is -12.9. The van der Waals surface area contributed by atoms with Gasteiger partial charge in [0.05, 0.1) is 39.2 Å². The Morgan fingerprint density at radius 3 is 1.19 bits per heavy atom. The van der Waals surface area contributed by atoms with E-state index in [1.165, 1.54) is 239 Å². The first-order valence-corrected chi connectivity index (χ1v) is 51.4. The first-order valence-electron chi connectivity index (χ1n) is 51.4. The van der Waals surface area contributed by atoms with Crippen molar-refractivity contribution < 1.29 is 8.83 Å². The normalized spacial score (nSPS) is 20.6. The standard InChI is InChI=1S/2C64H62BN3O/c1-37-31-52-56-53(32-37)67-57-44(55-58(67)43-20-12-14-22-45(43)62(55,8)9)33-39(61(5,6)7)35-48(57)65(56)47-27-26-40(36-51(47)66(52)50-23-18-21-42-41-19-13-15-24-54(41)69-59(42)50)68-49-28-25-38(60(2,3)4)34-46(49)63(10)29-16-17-30-64(63,68)11;1-37-31-51-57-52(32-37)67-58-43(56-59(67)41-19-12-14-21-44(41)62(56,8)9)33-39(61(5,6)7)35-47(58)65(57)46-27-26-40(36-50(46)66(51)49-22-18-24-54-55(49)42-20-13-15-23-53(42)69-54)68-48-28-25-38(60(2,3)4)34-45(48)63(10)29-16-17-30-64(63,68)11/h2*12-15,18-28,31-36H,16-17,29-30H2,1-11H3. The SMILES string of the molecule is Cc1cc2c3c(c1)-n1c4c(c5cc(C(C)(C)C)cc(c51)B3c1ccc(N3c5ccc(C(C)(C)C)cc5C5(C)CCCCC35C)cc1N2c1cccc2c1oc1ccccc12)C(C)(C)c1ccccc1-4.Cc1cc2c3c(c1)-n1c4c(c5cc(C(C)(C)C)cc(c51)B3c1ccc(N3c5ccc(C(C)(C)C)cc5C5(C)CCCCC35C)cc1N2c1cccc2oc3ccccc3c12)C(C)(C)c1ccccc1-4. The van der Waals surface area contributed by atoms with Crippen molar-refractivity contribution in [2.45, 2.75) is 258 Å². The van der Waals surface area contributed by atoms with Crippen LogP contribution in [-0.2, 0) is 43.3 Å². The van der Waals surface area contributed by atoms with Crippen molar-refractivity contribution >= 4 is 169 Å². The summed E-state index contributed by atoms with van der Waals surface area (Å²) >= 11 is 0. The van der Waals surface area contributed by atoms with Gasteiger partial charge in [-0.3, -0.25) is 0 Å². The molecule has 8 nitrogen and oxygen atoms in total. The number of anilines is 10. The first kappa shape index (κ1) is 84.4. The van der Waals surface area contributed by atoms with Crippen LogP contribution < -0.4 is 52.4 Å². The summed E-state index contributed by atoms with van der Waals surface area (Å²) < 4.78 is 19.1. The maximum absolute atomic E-state index is 7.02. The molecule has 18 aromatic rings. The monoisotopic (exact) mass is 1800 g/mol. The van der Waals surface area contributed by atoms with Gasteiger partial charge in [-0.25, -0.2) is 0 Å². The molecule has 0 saturated heterocycles. The number of para-hydroxylation sites is 3. The minimum atomic E-state index is -0.171. The van der Waals surface area contributed by atoms with Crippen LogP contribution in [-0.4, -0.2) is 33.6 Å². The van der Waals surface area contributed by atoms with Crippen molar-refractivity contribution in [3.63, 3.8) is 0 Å². The van der Waals surface area contributed by atoms with E-state index in [1.54, 1.807) is 0 Å². The fourth-order valence-corrected chi connectivity index (χ4v) is 29.1. The highest BCUT2D eigenvalue weighted by Gasteiger charge is 2.61. The number of furan rings is 2. The van der Waals surface area contributed by atoms with E-state index in [4.69, 9.17) is 8.83 Å². The molecule has 0 bridgehead atoms. The molecule has 2 fully saturated rings. The van der Waals surface area contributed by atoms with Gasteiger partial charge in [0.1, 0.15) is 16.7 Å². The fourth-order valence-electron chi connectivity index (χ4n) is 29.1. The molecule has 4 atom stereocenters. The molecule has 0 spiro atoms. The predicted molar refractivity (Wildman–Crippen MR) is 585 cm³/mol. The van der Waals surface area contributed by atoms with Gasteiger partial charge in [0.15, 0.2) is 5.58 Å². The number of aromatic nitrogens is 2. The van der Waals surface area contributed by atoms with Crippen LogP contribution in [0.2, 0.25) is 0 Å². The molecule has 0 N–H and O–H groups in total. The van der Waals surface area contributed by atoms with Gasteiger partial charge in [-0.05, 0) is 278 Å². The Morgan fingerprint density at radius 1 is 0.297 bits per heavy atom. The third kappa shape index (κ3) is 10.9. The molecule has 14 aromatic carbocycles. The number of benzene rings is 14. The molecule has 4 aliphatic carbocycles. The van der Waals surface area contributed by atoms with Gasteiger partial charge in [-0.1, -0.05) is 302 Å². The van der Waals surface area contributed by atoms with Crippen molar-refractivity contribution in [3.8, 4) is 33.9 Å². The van der Waals surface area contributed by atoms with E-state index < -0.39 is 0 Å². The Balaban J connectivity index is 0.000000139. The molecule has 138 heavy (non-hydrogen) atoms. The molecule has 2 saturated carbocycles. The van der Waals surface area contributed by atoms with Crippen molar-refractivity contribution in [3.05, 3.63) is 322 Å². The summed E-state index contributed by atoms with van der Waals surface area (Å²) in [7, 11) is 0. The lowest BCUT2D eigenvalue weighted by atomic mass is 9.33. The zero-order valence-electron chi connectivity index (χ0n) is 84.6. The van der Waals surface area contributed by atoms with E-state index in [2.05, 4.69) is 436 Å². The molecule has 0 amide bonds. The molecule has 28 rings (SSSR count). The highest BCUT2D eigenvalue weighted by atomic mass is 16.3. The van der Waals surface area contributed by atoms with E-state index in [0.717, 1.165) is 68.1 Å². The van der Waals surface area contributed by atoms with Gasteiger partial charge in [0.2, 0.25) is 0 Å². The molecule has 4 aromatic heterocycles. The van der Waals surface area contributed by atoms with Crippen molar-refractivity contribution in [2.75, 3.05) is 19.6 Å². The van der Waals surface area contributed by atoms with E-state index in [9.17, 15) is 0 Å². The molecular formula is C128H124B2N6O2. The van der Waals surface area contributed by atoms with Crippen LogP contribution in [0.3, 0.4) is 0 Å². The average Bonchev–Trinajstić information content (AvgIpc) is 1.49. The number of nitrogens with zero attached hydrogens (tertiary/aromatic N) is 6. The van der Waals surface area contributed by atoms with E-state index >= 15 is 0 Å². The summed E-state index contributed by atoms with van der Waals surface area (Å²) in [6.07, 6.45) is 9.66. The number of hydrogen-bond donors (Lipinski definition) is 0. The average molecular weight is 1800 g/mol. The highest BCUT2D eigenvalue weighted by Crippen LogP contribution is 2.66. The van der Waals surface area contributed by atoms with Crippen LogP contribution in [0, 0.1) is 13.8 Å². The second-order valence-electron chi connectivity index (χ2n) is 49.1. The fraction of sp³-hybridized carbons (Fsp3) is 0.312. The largest absolute Gasteiger partial charge is 0.456 e. The summed E-state index contributed by atoms with van der Waals surface area (Å²) in [6, 6.07) is 99.3. The molecule has 684 valence electrons. The van der Waals surface area contributed by atoms with Gasteiger partial charge in [-0.15, -0.1) is 0 Å². The van der Waals surface area contributed by atoms with Gasteiger partial charge >= 0.3 is 0 Å². The summed E-state index contributed by atoms with van der Waals surface area (Å²) in [6.45, 7) is 53.2. The molecular weight excluding hydrogens is 1680 g/mol. The summed E-state index contributed by atoms with van der Waals surface area (Å²) in [5.74, 6) is 0. The summed E-state index contributed by atoms with van der Waals surface area (Å²) in [5.41, 5.74) is 51.3. The van der Waals surface area contributed by atoms with Gasteiger partial charge < -0.3 is 37.6 Å². The van der Waals surface area contributed by atoms with E-state index in [1.807, 2.05) is 0 Å².